The van der Waals surface area contributed by atoms with Crippen molar-refractivity contribution in [1.82, 2.24) is 9.97 Å². The number of nitrogens with zero attached hydrogens (tertiary/aromatic N) is 2. The third-order valence-electron chi connectivity index (χ3n) is 4.34. The van der Waals surface area contributed by atoms with Crippen LogP contribution in [0.5, 0.6) is 0 Å². The molecule has 0 aliphatic carbocycles. The molecule has 0 spiro atoms. The Labute approximate surface area is 204 Å². The van der Waals surface area contributed by atoms with E-state index in [0.29, 0.717) is 37.2 Å². The standard InChI is InChI=1S/C24H17Cl2N3OS2/c25-17-10-12-19(13-11-17)32-21-14-27-24(31-15-16-6-4-5-9-20(16)26)29-22(21)23(30)28-18-7-2-1-3-8-18/h1-14H,15H2,(H,28,30). The van der Waals surface area contributed by atoms with E-state index in [1.165, 1.54) is 23.5 Å². The molecular weight excluding hydrogens is 481 g/mol. The lowest BCUT2D eigenvalue weighted by Gasteiger charge is -2.11. The normalized spacial score (nSPS) is 10.7. The van der Waals surface area contributed by atoms with Gasteiger partial charge < -0.3 is 5.32 Å². The number of amides is 1. The van der Waals surface area contributed by atoms with Gasteiger partial charge >= 0.3 is 0 Å². The summed E-state index contributed by atoms with van der Waals surface area (Å²) in [6.45, 7) is 0. The van der Waals surface area contributed by atoms with Gasteiger partial charge in [-0.25, -0.2) is 9.97 Å². The van der Waals surface area contributed by atoms with Crippen molar-refractivity contribution in [1.29, 1.82) is 0 Å². The number of halogens is 2. The molecule has 32 heavy (non-hydrogen) atoms. The van der Waals surface area contributed by atoms with E-state index in [2.05, 4.69) is 15.3 Å². The lowest BCUT2D eigenvalue weighted by molar-refractivity contribution is 0.101. The Morgan fingerprint density at radius 2 is 1.62 bits per heavy atom. The fourth-order valence-electron chi connectivity index (χ4n) is 2.76. The fraction of sp³-hybridized carbons (Fsp3) is 0.0417. The second-order valence-electron chi connectivity index (χ2n) is 6.62. The van der Waals surface area contributed by atoms with Gasteiger partial charge in [-0.3, -0.25) is 4.79 Å². The van der Waals surface area contributed by atoms with E-state index in [1.54, 1.807) is 6.20 Å². The Morgan fingerprint density at radius 1 is 0.906 bits per heavy atom. The molecule has 0 saturated heterocycles. The highest BCUT2D eigenvalue weighted by Crippen LogP contribution is 2.32. The third kappa shape index (κ3) is 6.04. The average molecular weight is 498 g/mol. The predicted octanol–water partition coefficient (Wildman–Crippen LogP) is 7.48. The molecule has 3 aromatic carbocycles. The molecular formula is C24H17Cl2N3OS2. The molecule has 4 aromatic rings. The maximum atomic E-state index is 13.1. The van der Waals surface area contributed by atoms with E-state index in [-0.39, 0.29) is 5.91 Å². The van der Waals surface area contributed by atoms with Crippen LogP contribution in [0.2, 0.25) is 10.0 Å². The monoisotopic (exact) mass is 497 g/mol. The molecule has 0 aliphatic rings. The van der Waals surface area contributed by atoms with Crippen LogP contribution in [0.1, 0.15) is 16.1 Å². The summed E-state index contributed by atoms with van der Waals surface area (Å²) in [4.78, 5) is 23.7. The number of carbonyl (C=O) groups is 1. The minimum absolute atomic E-state index is 0.297. The van der Waals surface area contributed by atoms with Gasteiger partial charge in [0.1, 0.15) is 5.69 Å². The van der Waals surface area contributed by atoms with Crippen molar-refractivity contribution >= 4 is 58.3 Å². The second-order valence-corrected chi connectivity index (χ2v) is 9.52. The molecule has 160 valence electrons. The molecule has 0 fully saturated rings. The lowest BCUT2D eigenvalue weighted by Crippen LogP contribution is -2.15. The van der Waals surface area contributed by atoms with Gasteiger partial charge in [0.15, 0.2) is 5.16 Å². The first kappa shape index (κ1) is 22.7. The van der Waals surface area contributed by atoms with Gasteiger partial charge in [0, 0.05) is 32.6 Å². The van der Waals surface area contributed by atoms with Gasteiger partial charge in [-0.2, -0.15) is 0 Å². The number of benzene rings is 3. The summed E-state index contributed by atoms with van der Waals surface area (Å²) >= 11 is 15.1. The Balaban J connectivity index is 1.60. The smallest absolute Gasteiger partial charge is 0.275 e. The molecule has 0 bridgehead atoms. The van der Waals surface area contributed by atoms with E-state index >= 15 is 0 Å². The highest BCUT2D eigenvalue weighted by Gasteiger charge is 2.17. The van der Waals surface area contributed by atoms with E-state index in [0.717, 1.165) is 10.5 Å². The quantitative estimate of drug-likeness (QED) is 0.212. The molecule has 4 nitrogen and oxygen atoms in total. The Hall–Kier alpha value is -2.51. The molecule has 1 heterocycles. The first-order valence-corrected chi connectivity index (χ1v) is 12.2. The molecule has 0 atom stereocenters. The lowest BCUT2D eigenvalue weighted by atomic mass is 10.2. The number of para-hydroxylation sites is 1. The van der Waals surface area contributed by atoms with Crippen LogP contribution in [-0.2, 0) is 5.75 Å². The molecule has 1 aromatic heterocycles. The summed E-state index contributed by atoms with van der Waals surface area (Å²) < 4.78 is 0. The minimum Gasteiger partial charge on any atom is -0.321 e. The zero-order chi connectivity index (χ0) is 22.3. The van der Waals surface area contributed by atoms with Crippen molar-refractivity contribution in [3.63, 3.8) is 0 Å². The SMILES string of the molecule is O=C(Nc1ccccc1)c1nc(SCc2ccccc2Cl)ncc1Sc1ccc(Cl)cc1. The Kier molecular flexibility index (Phi) is 7.71. The van der Waals surface area contributed by atoms with Crippen LogP contribution in [-0.4, -0.2) is 15.9 Å². The van der Waals surface area contributed by atoms with Gasteiger partial charge in [0.25, 0.3) is 5.91 Å². The first-order valence-electron chi connectivity index (χ1n) is 9.61. The molecule has 0 saturated carbocycles. The number of carbonyl (C=O) groups excluding carboxylic acids is 1. The molecule has 1 N–H and O–H groups in total. The van der Waals surface area contributed by atoms with Crippen molar-refractivity contribution in [2.75, 3.05) is 5.32 Å². The third-order valence-corrected chi connectivity index (χ3v) is 6.89. The molecule has 4 rings (SSSR count). The fourth-order valence-corrected chi connectivity index (χ4v) is 4.85. The van der Waals surface area contributed by atoms with Crippen molar-refractivity contribution in [2.45, 2.75) is 20.7 Å². The summed E-state index contributed by atoms with van der Waals surface area (Å²) in [6, 6.07) is 24.3. The van der Waals surface area contributed by atoms with E-state index in [4.69, 9.17) is 23.2 Å². The largest absolute Gasteiger partial charge is 0.321 e. The van der Waals surface area contributed by atoms with E-state index in [9.17, 15) is 4.79 Å². The molecule has 0 unspecified atom stereocenters. The number of hydrogen-bond acceptors (Lipinski definition) is 5. The van der Waals surface area contributed by atoms with E-state index in [1.807, 2.05) is 78.9 Å². The molecule has 0 aliphatic heterocycles. The number of thioether (sulfide) groups is 1. The number of rotatable bonds is 7. The topological polar surface area (TPSA) is 54.9 Å². The van der Waals surface area contributed by atoms with Crippen LogP contribution in [0.15, 0.2) is 100 Å². The van der Waals surface area contributed by atoms with Crippen LogP contribution in [0.3, 0.4) is 0 Å². The highest BCUT2D eigenvalue weighted by molar-refractivity contribution is 7.99. The number of aromatic nitrogens is 2. The maximum absolute atomic E-state index is 13.1. The van der Waals surface area contributed by atoms with Crippen LogP contribution >= 0.6 is 46.7 Å². The zero-order valence-electron chi connectivity index (χ0n) is 16.7. The number of anilines is 1. The zero-order valence-corrected chi connectivity index (χ0v) is 19.8. The van der Waals surface area contributed by atoms with Gasteiger partial charge in [-0.05, 0) is 48.0 Å². The summed E-state index contributed by atoms with van der Waals surface area (Å²) in [5.74, 6) is 0.304. The van der Waals surface area contributed by atoms with Crippen molar-refractivity contribution < 1.29 is 4.79 Å². The van der Waals surface area contributed by atoms with Gasteiger partial charge in [0.2, 0.25) is 0 Å². The van der Waals surface area contributed by atoms with Gasteiger partial charge in [-0.1, -0.05) is 83.1 Å². The van der Waals surface area contributed by atoms with Crippen molar-refractivity contribution in [2.24, 2.45) is 0 Å². The van der Waals surface area contributed by atoms with Crippen LogP contribution < -0.4 is 5.32 Å². The van der Waals surface area contributed by atoms with Gasteiger partial charge in [-0.15, -0.1) is 0 Å². The van der Waals surface area contributed by atoms with Crippen molar-refractivity contribution in [3.05, 3.63) is 106 Å². The number of hydrogen-bond donors (Lipinski definition) is 1. The summed E-state index contributed by atoms with van der Waals surface area (Å²) in [6.07, 6.45) is 1.68. The maximum Gasteiger partial charge on any atom is 0.275 e. The van der Waals surface area contributed by atoms with Crippen LogP contribution in [0.25, 0.3) is 0 Å². The Morgan fingerprint density at radius 3 is 2.38 bits per heavy atom. The van der Waals surface area contributed by atoms with Crippen LogP contribution in [0.4, 0.5) is 5.69 Å². The highest BCUT2D eigenvalue weighted by atomic mass is 35.5. The summed E-state index contributed by atoms with van der Waals surface area (Å²) in [5, 5.41) is 4.76. The van der Waals surface area contributed by atoms with Crippen molar-refractivity contribution in [3.8, 4) is 0 Å². The number of nitrogens with one attached hydrogen (secondary N) is 1. The minimum atomic E-state index is -0.297. The summed E-state index contributed by atoms with van der Waals surface area (Å²) in [7, 11) is 0. The Bertz CT molecular complexity index is 1220. The molecule has 0 radical (unpaired) electrons. The summed E-state index contributed by atoms with van der Waals surface area (Å²) in [5.41, 5.74) is 1.99. The molecule has 1 amide bonds. The predicted molar refractivity (Wildman–Crippen MR) is 133 cm³/mol. The average Bonchev–Trinajstić information content (AvgIpc) is 2.81. The van der Waals surface area contributed by atoms with E-state index < -0.39 is 0 Å². The molecule has 8 heteroatoms. The first-order chi connectivity index (χ1) is 15.6. The van der Waals surface area contributed by atoms with Gasteiger partial charge in [0.05, 0.1) is 4.90 Å². The second kappa shape index (κ2) is 10.9. The van der Waals surface area contributed by atoms with Crippen LogP contribution in [0, 0.1) is 0 Å².